The van der Waals surface area contributed by atoms with Crippen molar-refractivity contribution in [3.63, 3.8) is 0 Å². The van der Waals surface area contributed by atoms with Crippen LogP contribution in [0.2, 0.25) is 0 Å². The molecule has 4 heteroatoms. The quantitative estimate of drug-likeness (QED) is 0.741. The first-order valence-electron chi connectivity index (χ1n) is 6.16. The van der Waals surface area contributed by atoms with E-state index in [9.17, 15) is 4.79 Å². The molecule has 0 aliphatic carbocycles. The van der Waals surface area contributed by atoms with Crippen molar-refractivity contribution in [2.45, 2.75) is 6.61 Å². The SMILES string of the molecule is O=c1ccc2ccc(Oc3cccc(CO)c3)cc2o1. The molecule has 4 nitrogen and oxygen atoms in total. The maximum Gasteiger partial charge on any atom is 0.336 e. The van der Waals surface area contributed by atoms with Crippen LogP contribution in [0, 0.1) is 0 Å². The molecular weight excluding hydrogens is 256 g/mol. The Balaban J connectivity index is 1.95. The highest BCUT2D eigenvalue weighted by molar-refractivity contribution is 5.77. The molecule has 0 spiro atoms. The lowest BCUT2D eigenvalue weighted by Crippen LogP contribution is -1.94. The van der Waals surface area contributed by atoms with E-state index in [4.69, 9.17) is 14.3 Å². The predicted octanol–water partition coefficient (Wildman–Crippen LogP) is 3.08. The van der Waals surface area contributed by atoms with Gasteiger partial charge in [-0.25, -0.2) is 4.79 Å². The first kappa shape index (κ1) is 12.4. The molecule has 0 saturated heterocycles. The minimum Gasteiger partial charge on any atom is -0.457 e. The maximum absolute atomic E-state index is 11.2. The zero-order valence-electron chi connectivity index (χ0n) is 10.6. The zero-order chi connectivity index (χ0) is 13.9. The molecule has 0 bridgehead atoms. The molecule has 0 aliphatic rings. The molecule has 3 rings (SSSR count). The Morgan fingerprint density at radius 3 is 2.65 bits per heavy atom. The van der Waals surface area contributed by atoms with E-state index in [1.807, 2.05) is 18.2 Å². The molecule has 3 aromatic rings. The van der Waals surface area contributed by atoms with Gasteiger partial charge in [0.2, 0.25) is 0 Å². The summed E-state index contributed by atoms with van der Waals surface area (Å²) in [6, 6.07) is 15.6. The minimum absolute atomic E-state index is 0.0379. The smallest absolute Gasteiger partial charge is 0.336 e. The van der Waals surface area contributed by atoms with E-state index in [2.05, 4.69) is 0 Å². The van der Waals surface area contributed by atoms with Gasteiger partial charge in [0, 0.05) is 17.5 Å². The molecular formula is C16H12O4. The van der Waals surface area contributed by atoms with Crippen LogP contribution in [-0.2, 0) is 6.61 Å². The van der Waals surface area contributed by atoms with Gasteiger partial charge in [-0.05, 0) is 35.9 Å². The normalized spacial score (nSPS) is 10.7. The van der Waals surface area contributed by atoms with E-state index in [1.165, 1.54) is 6.07 Å². The Morgan fingerprint density at radius 2 is 1.80 bits per heavy atom. The van der Waals surface area contributed by atoms with Gasteiger partial charge in [-0.2, -0.15) is 0 Å². The zero-order valence-corrected chi connectivity index (χ0v) is 10.6. The number of hydrogen-bond donors (Lipinski definition) is 1. The summed E-state index contributed by atoms with van der Waals surface area (Å²) in [5.41, 5.74) is 0.861. The van der Waals surface area contributed by atoms with E-state index in [1.54, 1.807) is 30.3 Å². The summed E-state index contributed by atoms with van der Waals surface area (Å²) in [7, 11) is 0. The van der Waals surface area contributed by atoms with Crippen LogP contribution in [0.25, 0.3) is 11.0 Å². The molecule has 0 fully saturated rings. The van der Waals surface area contributed by atoms with Crippen molar-refractivity contribution in [3.05, 3.63) is 70.6 Å². The molecule has 1 heterocycles. The number of aliphatic hydroxyl groups is 1. The first-order chi connectivity index (χ1) is 9.74. The van der Waals surface area contributed by atoms with Crippen LogP contribution in [0.5, 0.6) is 11.5 Å². The second kappa shape index (κ2) is 5.19. The van der Waals surface area contributed by atoms with Crippen molar-refractivity contribution in [1.82, 2.24) is 0 Å². The Kier molecular flexibility index (Phi) is 3.23. The number of fused-ring (bicyclic) bond motifs is 1. The lowest BCUT2D eigenvalue weighted by molar-refractivity contribution is 0.281. The fourth-order valence-corrected chi connectivity index (χ4v) is 1.95. The topological polar surface area (TPSA) is 59.7 Å². The summed E-state index contributed by atoms with van der Waals surface area (Å²) < 4.78 is 10.8. The summed E-state index contributed by atoms with van der Waals surface area (Å²) in [5, 5.41) is 9.93. The van der Waals surface area contributed by atoms with Crippen LogP contribution in [-0.4, -0.2) is 5.11 Å². The van der Waals surface area contributed by atoms with E-state index in [0.717, 1.165) is 10.9 Å². The lowest BCUT2D eigenvalue weighted by atomic mass is 10.2. The largest absolute Gasteiger partial charge is 0.457 e. The van der Waals surface area contributed by atoms with Gasteiger partial charge < -0.3 is 14.3 Å². The van der Waals surface area contributed by atoms with Crippen molar-refractivity contribution >= 4 is 11.0 Å². The molecule has 1 aromatic heterocycles. The number of benzene rings is 2. The Labute approximate surface area is 114 Å². The average molecular weight is 268 g/mol. The van der Waals surface area contributed by atoms with Gasteiger partial charge in [-0.1, -0.05) is 12.1 Å². The van der Waals surface area contributed by atoms with Gasteiger partial charge in [-0.3, -0.25) is 0 Å². The molecule has 0 atom stereocenters. The third-order valence-electron chi connectivity index (χ3n) is 2.91. The standard InChI is InChI=1S/C16H12O4/c17-10-11-2-1-3-13(8-11)19-14-6-4-12-5-7-16(18)20-15(12)9-14/h1-9,17H,10H2. The summed E-state index contributed by atoms with van der Waals surface area (Å²) in [6.07, 6.45) is 0. The second-order valence-corrected chi connectivity index (χ2v) is 4.36. The van der Waals surface area contributed by atoms with E-state index < -0.39 is 5.63 Å². The molecule has 0 aliphatic heterocycles. The summed E-state index contributed by atoms with van der Waals surface area (Å²) >= 11 is 0. The van der Waals surface area contributed by atoms with Gasteiger partial charge >= 0.3 is 5.63 Å². The minimum atomic E-state index is -0.392. The van der Waals surface area contributed by atoms with Gasteiger partial charge in [0.1, 0.15) is 17.1 Å². The number of aliphatic hydroxyl groups excluding tert-OH is 1. The lowest BCUT2D eigenvalue weighted by Gasteiger charge is -2.07. The summed E-state index contributed by atoms with van der Waals surface area (Å²) in [6.45, 7) is -0.0379. The van der Waals surface area contributed by atoms with E-state index in [-0.39, 0.29) is 6.61 Å². The molecule has 100 valence electrons. The van der Waals surface area contributed by atoms with Crippen LogP contribution in [0.4, 0.5) is 0 Å². The van der Waals surface area contributed by atoms with E-state index >= 15 is 0 Å². The predicted molar refractivity (Wildman–Crippen MR) is 74.9 cm³/mol. The van der Waals surface area contributed by atoms with Gasteiger partial charge in [0.25, 0.3) is 0 Å². The van der Waals surface area contributed by atoms with E-state index in [0.29, 0.717) is 17.1 Å². The van der Waals surface area contributed by atoms with Crippen molar-refractivity contribution in [2.75, 3.05) is 0 Å². The van der Waals surface area contributed by atoms with Crippen LogP contribution < -0.4 is 10.4 Å². The van der Waals surface area contributed by atoms with Gasteiger partial charge in [0.05, 0.1) is 6.61 Å². The first-order valence-corrected chi connectivity index (χ1v) is 6.16. The molecule has 0 unspecified atom stereocenters. The Morgan fingerprint density at radius 1 is 1.00 bits per heavy atom. The number of ether oxygens (including phenoxy) is 1. The highest BCUT2D eigenvalue weighted by Crippen LogP contribution is 2.25. The monoisotopic (exact) mass is 268 g/mol. The number of rotatable bonds is 3. The molecule has 0 radical (unpaired) electrons. The molecule has 1 N–H and O–H groups in total. The van der Waals surface area contributed by atoms with Crippen LogP contribution in [0.3, 0.4) is 0 Å². The molecule has 20 heavy (non-hydrogen) atoms. The molecule has 2 aromatic carbocycles. The number of hydrogen-bond acceptors (Lipinski definition) is 4. The van der Waals surface area contributed by atoms with Gasteiger partial charge in [0.15, 0.2) is 0 Å². The van der Waals surface area contributed by atoms with Crippen LogP contribution in [0.15, 0.2) is 63.8 Å². The summed E-state index contributed by atoms with van der Waals surface area (Å²) in [4.78, 5) is 11.2. The van der Waals surface area contributed by atoms with Crippen LogP contribution >= 0.6 is 0 Å². The molecule has 0 amide bonds. The van der Waals surface area contributed by atoms with Crippen LogP contribution in [0.1, 0.15) is 5.56 Å². The fourth-order valence-electron chi connectivity index (χ4n) is 1.95. The second-order valence-electron chi connectivity index (χ2n) is 4.36. The summed E-state index contributed by atoms with van der Waals surface area (Å²) in [5.74, 6) is 1.19. The Hall–Kier alpha value is -2.59. The van der Waals surface area contributed by atoms with Gasteiger partial charge in [-0.15, -0.1) is 0 Å². The van der Waals surface area contributed by atoms with Crippen molar-refractivity contribution in [1.29, 1.82) is 0 Å². The third-order valence-corrected chi connectivity index (χ3v) is 2.91. The Bertz CT molecular complexity index is 805. The van der Waals surface area contributed by atoms with Crippen molar-refractivity contribution < 1.29 is 14.3 Å². The highest BCUT2D eigenvalue weighted by atomic mass is 16.5. The highest BCUT2D eigenvalue weighted by Gasteiger charge is 2.02. The molecule has 0 saturated carbocycles. The third kappa shape index (κ3) is 2.55. The average Bonchev–Trinajstić information content (AvgIpc) is 2.47. The van der Waals surface area contributed by atoms with Crippen molar-refractivity contribution in [3.8, 4) is 11.5 Å². The fraction of sp³-hybridized carbons (Fsp3) is 0.0625. The van der Waals surface area contributed by atoms with Crippen molar-refractivity contribution in [2.24, 2.45) is 0 Å². The maximum atomic E-state index is 11.2.